The van der Waals surface area contributed by atoms with E-state index in [9.17, 15) is 14.9 Å². The number of anilines is 1. The number of nitrogens with zero attached hydrogens (tertiary/aromatic N) is 5. The molecule has 34 heavy (non-hydrogen) atoms. The molecule has 0 unspecified atom stereocenters. The Hall–Kier alpha value is -3.92. The van der Waals surface area contributed by atoms with Crippen LogP contribution in [0.4, 0.5) is 11.4 Å². The Morgan fingerprint density at radius 1 is 1.09 bits per heavy atom. The summed E-state index contributed by atoms with van der Waals surface area (Å²) in [5.41, 5.74) is 2.77. The zero-order chi connectivity index (χ0) is 23.8. The molecular weight excluding hydrogens is 454 g/mol. The summed E-state index contributed by atoms with van der Waals surface area (Å²) in [5, 5.41) is 16.5. The van der Waals surface area contributed by atoms with Gasteiger partial charge in [0.15, 0.2) is 0 Å². The van der Waals surface area contributed by atoms with Gasteiger partial charge in [0.05, 0.1) is 16.9 Å². The van der Waals surface area contributed by atoms with Crippen LogP contribution in [0.3, 0.4) is 0 Å². The van der Waals surface area contributed by atoms with Crippen molar-refractivity contribution < 1.29 is 14.5 Å². The van der Waals surface area contributed by atoms with E-state index >= 15 is 0 Å². The molecule has 1 aliphatic heterocycles. The lowest BCUT2D eigenvalue weighted by Gasteiger charge is -2.35. The predicted octanol–water partition coefficient (Wildman–Crippen LogP) is 4.18. The maximum atomic E-state index is 13.3. The minimum atomic E-state index is -0.402. The molecule has 0 atom stereocenters. The summed E-state index contributed by atoms with van der Waals surface area (Å²) in [5.74, 6) is 0.773. The first kappa shape index (κ1) is 21.9. The number of piperazine rings is 1. The molecule has 3 heterocycles. The van der Waals surface area contributed by atoms with E-state index in [0.29, 0.717) is 31.1 Å². The van der Waals surface area contributed by atoms with Crippen LogP contribution in [0.2, 0.25) is 0 Å². The summed E-state index contributed by atoms with van der Waals surface area (Å²) in [6, 6.07) is 16.2. The number of fused-ring (bicyclic) bond motifs is 1. The van der Waals surface area contributed by atoms with Crippen molar-refractivity contribution in [3.8, 4) is 17.0 Å². The number of hydrogen-bond donors (Lipinski definition) is 0. The van der Waals surface area contributed by atoms with Gasteiger partial charge in [-0.2, -0.15) is 5.10 Å². The molecule has 0 spiro atoms. The van der Waals surface area contributed by atoms with Gasteiger partial charge in [0.25, 0.3) is 11.6 Å². The number of methoxy groups -OCH3 is 1. The van der Waals surface area contributed by atoms with Gasteiger partial charge in [-0.1, -0.05) is 12.1 Å². The number of amides is 1. The lowest BCUT2D eigenvalue weighted by atomic mass is 10.1. The van der Waals surface area contributed by atoms with E-state index < -0.39 is 4.92 Å². The Morgan fingerprint density at radius 2 is 1.82 bits per heavy atom. The molecule has 0 N–H and O–H groups in total. The number of aromatic nitrogens is 2. The minimum Gasteiger partial charge on any atom is -0.497 e. The fraction of sp³-hybridized carbons (Fsp3) is 0.250. The normalized spacial score (nSPS) is 13.9. The molecule has 0 bridgehead atoms. The van der Waals surface area contributed by atoms with Crippen LogP contribution in [0.25, 0.3) is 21.5 Å². The van der Waals surface area contributed by atoms with Gasteiger partial charge < -0.3 is 14.5 Å². The van der Waals surface area contributed by atoms with Crippen molar-refractivity contribution in [2.24, 2.45) is 7.05 Å². The third kappa shape index (κ3) is 3.96. The number of non-ortho nitro benzene ring substituents is 1. The summed E-state index contributed by atoms with van der Waals surface area (Å²) < 4.78 is 7.17. The number of ether oxygens (including phenoxy) is 1. The van der Waals surface area contributed by atoms with Gasteiger partial charge in [-0.25, -0.2) is 0 Å². The first-order chi connectivity index (χ1) is 16.4. The molecule has 0 radical (unpaired) electrons. The number of nitro benzene ring substituents is 1. The van der Waals surface area contributed by atoms with Crippen LogP contribution in [0, 0.1) is 10.1 Å². The number of carbonyl (C=O) groups excluding carboxylic acids is 1. The number of hydrogen-bond acceptors (Lipinski definition) is 7. The Morgan fingerprint density at radius 3 is 2.50 bits per heavy atom. The van der Waals surface area contributed by atoms with Crippen molar-refractivity contribution in [2.75, 3.05) is 38.2 Å². The van der Waals surface area contributed by atoms with Crippen LogP contribution in [-0.2, 0) is 7.05 Å². The molecule has 2 aromatic carbocycles. The van der Waals surface area contributed by atoms with Crippen molar-refractivity contribution in [2.45, 2.75) is 0 Å². The molecule has 1 saturated heterocycles. The van der Waals surface area contributed by atoms with Gasteiger partial charge in [-0.3, -0.25) is 19.6 Å². The van der Waals surface area contributed by atoms with Crippen molar-refractivity contribution in [3.05, 3.63) is 69.6 Å². The Labute approximate surface area is 199 Å². The molecule has 1 aliphatic rings. The predicted molar refractivity (Wildman–Crippen MR) is 132 cm³/mol. The van der Waals surface area contributed by atoms with Crippen molar-refractivity contribution in [1.82, 2.24) is 14.7 Å². The van der Waals surface area contributed by atoms with Gasteiger partial charge in [0, 0.05) is 62.0 Å². The van der Waals surface area contributed by atoms with Crippen molar-refractivity contribution in [1.29, 1.82) is 0 Å². The minimum absolute atomic E-state index is 0.0149. The van der Waals surface area contributed by atoms with E-state index in [2.05, 4.69) is 10.00 Å². The first-order valence-corrected chi connectivity index (χ1v) is 11.7. The molecule has 1 fully saturated rings. The van der Waals surface area contributed by atoms with E-state index in [0.717, 1.165) is 32.9 Å². The molecule has 9 nitrogen and oxygen atoms in total. The Kier molecular flexibility index (Phi) is 5.66. The lowest BCUT2D eigenvalue weighted by Crippen LogP contribution is -2.48. The van der Waals surface area contributed by atoms with Gasteiger partial charge in [-0.15, -0.1) is 11.3 Å². The van der Waals surface area contributed by atoms with Crippen LogP contribution in [0.15, 0.2) is 54.6 Å². The van der Waals surface area contributed by atoms with Gasteiger partial charge >= 0.3 is 0 Å². The fourth-order valence-corrected chi connectivity index (χ4v) is 5.28. The number of nitro groups is 1. The SMILES string of the molecule is COc1cccc(-c2nn(C)c3sc(C(=O)N4CCN(c5ccc([N+](=O)[O-])cc5)CC4)cc23)c1. The first-order valence-electron chi connectivity index (χ1n) is 10.8. The summed E-state index contributed by atoms with van der Waals surface area (Å²) in [6.07, 6.45) is 0. The summed E-state index contributed by atoms with van der Waals surface area (Å²) >= 11 is 1.45. The molecule has 0 saturated carbocycles. The van der Waals surface area contributed by atoms with E-state index in [-0.39, 0.29) is 11.6 Å². The van der Waals surface area contributed by atoms with E-state index in [1.165, 1.54) is 23.5 Å². The molecule has 2 aromatic heterocycles. The number of carbonyl (C=O) groups is 1. The molecule has 174 valence electrons. The van der Waals surface area contributed by atoms with E-state index in [4.69, 9.17) is 4.74 Å². The van der Waals surface area contributed by atoms with Crippen molar-refractivity contribution in [3.63, 3.8) is 0 Å². The van der Waals surface area contributed by atoms with Crippen LogP contribution in [0.1, 0.15) is 9.67 Å². The smallest absolute Gasteiger partial charge is 0.269 e. The van der Waals surface area contributed by atoms with Gasteiger partial charge in [0.2, 0.25) is 0 Å². The third-order valence-corrected chi connectivity index (χ3v) is 7.25. The standard InChI is InChI=1S/C24H23N5O4S/c1-26-24-20(22(25-26)16-4-3-5-19(14-16)33-2)15-21(34-24)23(30)28-12-10-27(11-13-28)17-6-8-18(9-7-17)29(31)32/h3-9,14-15H,10-13H2,1-2H3. The second-order valence-corrected chi connectivity index (χ2v) is 9.12. The largest absolute Gasteiger partial charge is 0.497 e. The average Bonchev–Trinajstić information content (AvgIpc) is 3.44. The topological polar surface area (TPSA) is 93.7 Å². The number of rotatable bonds is 5. The molecule has 10 heteroatoms. The molecule has 0 aliphatic carbocycles. The van der Waals surface area contributed by atoms with Crippen LogP contribution in [-0.4, -0.2) is 58.8 Å². The quantitative estimate of drug-likeness (QED) is 0.316. The molecule has 5 rings (SSSR count). The fourth-order valence-electron chi connectivity index (χ4n) is 4.24. The second-order valence-electron chi connectivity index (χ2n) is 8.09. The average molecular weight is 478 g/mol. The number of benzene rings is 2. The molecular formula is C24H23N5O4S. The van der Waals surface area contributed by atoms with Crippen LogP contribution >= 0.6 is 11.3 Å². The number of aryl methyl sites for hydroxylation is 1. The monoisotopic (exact) mass is 477 g/mol. The molecule has 1 amide bonds. The highest BCUT2D eigenvalue weighted by atomic mass is 32.1. The zero-order valence-corrected chi connectivity index (χ0v) is 19.6. The molecule has 4 aromatic rings. The van der Waals surface area contributed by atoms with E-state index in [1.807, 2.05) is 47.0 Å². The zero-order valence-electron chi connectivity index (χ0n) is 18.8. The van der Waals surface area contributed by atoms with E-state index in [1.54, 1.807) is 19.2 Å². The van der Waals surface area contributed by atoms with Crippen molar-refractivity contribution >= 4 is 38.8 Å². The Bertz CT molecular complexity index is 1370. The highest BCUT2D eigenvalue weighted by molar-refractivity contribution is 7.20. The summed E-state index contributed by atoms with van der Waals surface area (Å²) in [4.78, 5) is 29.4. The summed E-state index contributed by atoms with van der Waals surface area (Å²) in [6.45, 7) is 2.52. The van der Waals surface area contributed by atoms with Gasteiger partial charge in [-0.05, 0) is 30.3 Å². The summed E-state index contributed by atoms with van der Waals surface area (Å²) in [7, 11) is 3.52. The maximum Gasteiger partial charge on any atom is 0.269 e. The van der Waals surface area contributed by atoms with Crippen LogP contribution in [0.5, 0.6) is 5.75 Å². The second kappa shape index (κ2) is 8.79. The lowest BCUT2D eigenvalue weighted by molar-refractivity contribution is -0.384. The number of thiophene rings is 1. The maximum absolute atomic E-state index is 13.3. The third-order valence-electron chi connectivity index (χ3n) is 6.06. The van der Waals surface area contributed by atoms with Crippen LogP contribution < -0.4 is 9.64 Å². The Balaban J connectivity index is 1.33. The van der Waals surface area contributed by atoms with Gasteiger partial charge in [0.1, 0.15) is 16.3 Å². The highest BCUT2D eigenvalue weighted by Crippen LogP contribution is 2.35. The highest BCUT2D eigenvalue weighted by Gasteiger charge is 2.25.